The van der Waals surface area contributed by atoms with Crippen LogP contribution in [0.15, 0.2) is 18.2 Å². The molecule has 0 aliphatic carbocycles. The van der Waals surface area contributed by atoms with Gasteiger partial charge in [-0.05, 0) is 32.3 Å². The van der Waals surface area contributed by atoms with E-state index >= 15 is 0 Å². The predicted molar refractivity (Wildman–Crippen MR) is 71.4 cm³/mol. The Labute approximate surface area is 112 Å². The lowest BCUT2D eigenvalue weighted by molar-refractivity contribution is 0.395. The van der Waals surface area contributed by atoms with Crippen molar-refractivity contribution in [3.8, 4) is 6.07 Å². The lowest BCUT2D eigenvalue weighted by Gasteiger charge is -2.15. The van der Waals surface area contributed by atoms with Crippen molar-refractivity contribution in [3.63, 3.8) is 0 Å². The number of hydrogen-bond acceptors (Lipinski definition) is 3. The van der Waals surface area contributed by atoms with E-state index in [1.54, 1.807) is 18.2 Å². The fourth-order valence-electron chi connectivity index (χ4n) is 1.39. The van der Waals surface area contributed by atoms with Crippen LogP contribution < -0.4 is 5.32 Å². The normalized spacial score (nSPS) is 12.5. The van der Waals surface area contributed by atoms with Gasteiger partial charge >= 0.3 is 0 Å². The Morgan fingerprint density at radius 3 is 2.71 bits per heavy atom. The highest BCUT2D eigenvalue weighted by atomic mass is 35.5. The maximum Gasteiger partial charge on any atom is 0.122 e. The van der Waals surface area contributed by atoms with Gasteiger partial charge < -0.3 is 4.90 Å². The van der Waals surface area contributed by atoms with Gasteiger partial charge in [-0.15, -0.1) is 0 Å². The monoisotopic (exact) mass is 271 g/mol. The van der Waals surface area contributed by atoms with Crippen LogP contribution in [0.5, 0.6) is 0 Å². The average Bonchev–Trinajstić information content (AvgIpc) is 2.28. The molecule has 1 unspecified atom stereocenters. The van der Waals surface area contributed by atoms with Gasteiger partial charge in [0.25, 0.3) is 0 Å². The molecule has 1 N–H and O–H groups in total. The van der Waals surface area contributed by atoms with E-state index in [0.29, 0.717) is 16.6 Å². The fraction of sp³-hybridized carbons (Fsp3) is 0.417. The van der Waals surface area contributed by atoms with E-state index < -0.39 is 6.04 Å². The van der Waals surface area contributed by atoms with Gasteiger partial charge in [0.2, 0.25) is 0 Å². The minimum Gasteiger partial charge on any atom is -0.308 e. The third kappa shape index (κ3) is 4.53. The van der Waals surface area contributed by atoms with Gasteiger partial charge in [0, 0.05) is 28.7 Å². The molecule has 0 bridgehead atoms. The third-order valence-electron chi connectivity index (χ3n) is 2.31. The van der Waals surface area contributed by atoms with E-state index in [4.69, 9.17) is 28.5 Å². The highest BCUT2D eigenvalue weighted by molar-refractivity contribution is 6.33. The standard InChI is InChI=1S/C12H15Cl2N3/c1-17(2)6-5-16-12(8-15)10-7-9(13)3-4-11(10)14/h3-4,7,12,16H,5-6H2,1-2H3. The van der Waals surface area contributed by atoms with Crippen molar-refractivity contribution < 1.29 is 0 Å². The second-order valence-corrected chi connectivity index (χ2v) is 4.83. The molecule has 1 rings (SSSR count). The van der Waals surface area contributed by atoms with Gasteiger partial charge in [-0.3, -0.25) is 5.32 Å². The van der Waals surface area contributed by atoms with E-state index in [2.05, 4.69) is 11.4 Å². The molecule has 0 heterocycles. The summed E-state index contributed by atoms with van der Waals surface area (Å²) in [6, 6.07) is 6.90. The Kier molecular flexibility index (Phi) is 5.73. The van der Waals surface area contributed by atoms with Crippen LogP contribution >= 0.6 is 23.2 Å². The number of likely N-dealkylation sites (N-methyl/N-ethyl adjacent to an activating group) is 1. The molecule has 0 radical (unpaired) electrons. The second-order valence-electron chi connectivity index (χ2n) is 3.99. The number of hydrogen-bond donors (Lipinski definition) is 1. The number of nitrogens with zero attached hydrogens (tertiary/aromatic N) is 2. The molecular formula is C12H15Cl2N3. The molecule has 1 aromatic rings. The molecule has 0 aliphatic rings. The van der Waals surface area contributed by atoms with E-state index in [9.17, 15) is 0 Å². The number of rotatable bonds is 5. The fourth-order valence-corrected chi connectivity index (χ4v) is 1.80. The third-order valence-corrected chi connectivity index (χ3v) is 2.88. The Hall–Kier alpha value is -0.790. The molecule has 0 amide bonds. The summed E-state index contributed by atoms with van der Waals surface area (Å²) in [5, 5.41) is 13.4. The highest BCUT2D eigenvalue weighted by Gasteiger charge is 2.13. The van der Waals surface area contributed by atoms with Crippen molar-refractivity contribution in [1.82, 2.24) is 10.2 Å². The predicted octanol–water partition coefficient (Wildman–Crippen LogP) is 2.71. The largest absolute Gasteiger partial charge is 0.308 e. The Morgan fingerprint density at radius 2 is 2.12 bits per heavy atom. The smallest absolute Gasteiger partial charge is 0.122 e. The van der Waals surface area contributed by atoms with Crippen molar-refractivity contribution >= 4 is 23.2 Å². The molecule has 92 valence electrons. The maximum absolute atomic E-state index is 9.13. The van der Waals surface area contributed by atoms with Gasteiger partial charge in [-0.2, -0.15) is 5.26 Å². The molecule has 3 nitrogen and oxygen atoms in total. The average molecular weight is 272 g/mol. The quantitative estimate of drug-likeness (QED) is 0.895. The van der Waals surface area contributed by atoms with Gasteiger partial charge in [0.1, 0.15) is 6.04 Å². The van der Waals surface area contributed by atoms with E-state index in [0.717, 1.165) is 12.1 Å². The molecule has 1 aromatic carbocycles. The van der Waals surface area contributed by atoms with Crippen LogP contribution in [0.3, 0.4) is 0 Å². The zero-order chi connectivity index (χ0) is 12.8. The summed E-state index contributed by atoms with van der Waals surface area (Å²) in [4.78, 5) is 2.04. The first kappa shape index (κ1) is 14.3. The van der Waals surface area contributed by atoms with Crippen molar-refractivity contribution in [2.45, 2.75) is 6.04 Å². The van der Waals surface area contributed by atoms with Crippen LogP contribution in [0.1, 0.15) is 11.6 Å². The molecule has 0 fully saturated rings. The number of benzene rings is 1. The van der Waals surface area contributed by atoms with E-state index in [1.807, 2.05) is 19.0 Å². The van der Waals surface area contributed by atoms with Crippen LogP contribution in [-0.4, -0.2) is 32.1 Å². The molecule has 0 aromatic heterocycles. The number of halogens is 2. The molecule has 0 saturated heterocycles. The van der Waals surface area contributed by atoms with Crippen molar-refractivity contribution in [3.05, 3.63) is 33.8 Å². The minimum atomic E-state index is -0.429. The summed E-state index contributed by atoms with van der Waals surface area (Å²) in [6.45, 7) is 1.57. The minimum absolute atomic E-state index is 0.429. The highest BCUT2D eigenvalue weighted by Crippen LogP contribution is 2.25. The molecule has 5 heteroatoms. The zero-order valence-corrected chi connectivity index (χ0v) is 11.4. The molecular weight excluding hydrogens is 257 g/mol. The first-order valence-corrected chi connectivity index (χ1v) is 6.03. The van der Waals surface area contributed by atoms with Crippen molar-refractivity contribution in [1.29, 1.82) is 5.26 Å². The second kappa shape index (κ2) is 6.83. The zero-order valence-electron chi connectivity index (χ0n) is 9.87. The lowest BCUT2D eigenvalue weighted by Crippen LogP contribution is -2.29. The van der Waals surface area contributed by atoms with Crippen molar-refractivity contribution in [2.24, 2.45) is 0 Å². The van der Waals surface area contributed by atoms with E-state index in [-0.39, 0.29) is 0 Å². The van der Waals surface area contributed by atoms with E-state index in [1.165, 1.54) is 0 Å². The topological polar surface area (TPSA) is 39.1 Å². The van der Waals surface area contributed by atoms with Gasteiger partial charge in [-0.25, -0.2) is 0 Å². The summed E-state index contributed by atoms with van der Waals surface area (Å²) in [6.07, 6.45) is 0. The van der Waals surface area contributed by atoms with Crippen LogP contribution in [0, 0.1) is 11.3 Å². The molecule has 17 heavy (non-hydrogen) atoms. The lowest BCUT2D eigenvalue weighted by atomic mass is 10.1. The maximum atomic E-state index is 9.13. The summed E-state index contributed by atoms with van der Waals surface area (Å²) in [7, 11) is 3.96. The first-order chi connectivity index (χ1) is 8.04. The molecule has 0 spiro atoms. The number of nitriles is 1. The van der Waals surface area contributed by atoms with Crippen LogP contribution in [0.25, 0.3) is 0 Å². The van der Waals surface area contributed by atoms with Crippen LogP contribution in [-0.2, 0) is 0 Å². The Balaban J connectivity index is 2.73. The van der Waals surface area contributed by atoms with Gasteiger partial charge in [-0.1, -0.05) is 23.2 Å². The molecule has 0 saturated carbocycles. The van der Waals surface area contributed by atoms with Gasteiger partial charge in [0.05, 0.1) is 6.07 Å². The Bertz CT molecular complexity index is 413. The van der Waals surface area contributed by atoms with Crippen LogP contribution in [0.4, 0.5) is 0 Å². The summed E-state index contributed by atoms with van der Waals surface area (Å²) >= 11 is 11.9. The summed E-state index contributed by atoms with van der Waals surface area (Å²) < 4.78 is 0. The summed E-state index contributed by atoms with van der Waals surface area (Å²) in [5.41, 5.74) is 0.723. The SMILES string of the molecule is CN(C)CCNC(C#N)c1cc(Cl)ccc1Cl. The summed E-state index contributed by atoms with van der Waals surface area (Å²) in [5.74, 6) is 0. The molecule has 1 atom stereocenters. The van der Waals surface area contributed by atoms with Crippen molar-refractivity contribution in [2.75, 3.05) is 27.2 Å². The molecule has 0 aliphatic heterocycles. The van der Waals surface area contributed by atoms with Crippen LogP contribution in [0.2, 0.25) is 10.0 Å². The first-order valence-electron chi connectivity index (χ1n) is 5.27. The van der Waals surface area contributed by atoms with Gasteiger partial charge in [0.15, 0.2) is 0 Å². The number of nitrogens with one attached hydrogen (secondary N) is 1. The Morgan fingerprint density at radius 1 is 1.41 bits per heavy atom.